The molecule has 5 heteroatoms. The Labute approximate surface area is 140 Å². The number of esters is 1. The van der Waals surface area contributed by atoms with Gasteiger partial charge in [-0.2, -0.15) is 0 Å². The lowest BCUT2D eigenvalue weighted by Gasteiger charge is -2.07. The average molecular weight is 333 g/mol. The molecule has 0 saturated heterocycles. The molecule has 0 unspecified atom stereocenters. The lowest BCUT2D eigenvalue weighted by atomic mass is 10.2. The van der Waals surface area contributed by atoms with Crippen LogP contribution in [0.2, 0.25) is 5.02 Å². The summed E-state index contributed by atoms with van der Waals surface area (Å²) in [7, 11) is 3.13. The van der Waals surface area contributed by atoms with Gasteiger partial charge in [0.2, 0.25) is 0 Å². The molecule has 0 amide bonds. The van der Waals surface area contributed by atoms with Crippen molar-refractivity contribution in [1.82, 2.24) is 0 Å². The van der Waals surface area contributed by atoms with Crippen LogP contribution >= 0.6 is 11.6 Å². The molecule has 0 radical (unpaired) electrons. The second-order valence-electron chi connectivity index (χ2n) is 4.68. The van der Waals surface area contributed by atoms with Crippen molar-refractivity contribution in [2.45, 2.75) is 6.61 Å². The van der Waals surface area contributed by atoms with Crippen molar-refractivity contribution < 1.29 is 19.0 Å². The average Bonchev–Trinajstić information content (AvgIpc) is 2.59. The molecule has 120 valence electrons. The molecule has 0 aliphatic rings. The summed E-state index contributed by atoms with van der Waals surface area (Å²) in [6, 6.07) is 12.5. The zero-order valence-electron chi connectivity index (χ0n) is 12.9. The van der Waals surface area contributed by atoms with Gasteiger partial charge in [0, 0.05) is 11.1 Å². The molecule has 0 N–H and O–H groups in total. The lowest BCUT2D eigenvalue weighted by Crippen LogP contribution is -2.00. The summed E-state index contributed by atoms with van der Waals surface area (Å²) in [5.74, 6) is 0.814. The predicted octanol–water partition coefficient (Wildman–Crippen LogP) is 4.11. The van der Waals surface area contributed by atoms with Crippen LogP contribution in [0, 0.1) is 0 Å². The third kappa shape index (κ3) is 5.04. The van der Waals surface area contributed by atoms with Gasteiger partial charge in [-0.1, -0.05) is 29.8 Å². The van der Waals surface area contributed by atoms with E-state index in [0.29, 0.717) is 16.5 Å². The molecule has 2 rings (SSSR count). The van der Waals surface area contributed by atoms with Crippen molar-refractivity contribution >= 4 is 23.6 Å². The van der Waals surface area contributed by atoms with Crippen LogP contribution < -0.4 is 9.47 Å². The van der Waals surface area contributed by atoms with Crippen LogP contribution in [0.4, 0.5) is 0 Å². The topological polar surface area (TPSA) is 44.8 Å². The molecule has 23 heavy (non-hydrogen) atoms. The fourth-order valence-electron chi connectivity index (χ4n) is 1.90. The molecule has 0 aliphatic heterocycles. The van der Waals surface area contributed by atoms with Gasteiger partial charge in [-0.3, -0.25) is 0 Å². The smallest absolute Gasteiger partial charge is 0.331 e. The first-order valence-corrected chi connectivity index (χ1v) is 7.31. The third-order valence-electron chi connectivity index (χ3n) is 3.11. The Kier molecular flexibility index (Phi) is 6.06. The highest BCUT2D eigenvalue weighted by molar-refractivity contribution is 6.30. The number of ether oxygens (including phenoxy) is 3. The van der Waals surface area contributed by atoms with E-state index in [1.165, 1.54) is 6.08 Å². The number of methoxy groups -OCH3 is 2. The first kappa shape index (κ1) is 16.9. The number of carbonyl (C=O) groups excluding carboxylic acids is 1. The summed E-state index contributed by atoms with van der Waals surface area (Å²) < 4.78 is 15.5. The van der Waals surface area contributed by atoms with Gasteiger partial charge in [-0.05, 0) is 41.5 Å². The van der Waals surface area contributed by atoms with Gasteiger partial charge in [0.25, 0.3) is 0 Å². The maximum absolute atomic E-state index is 11.7. The Hall–Kier alpha value is -2.46. The number of halogens is 1. The summed E-state index contributed by atoms with van der Waals surface area (Å²) in [5.41, 5.74) is 1.69. The molecule has 2 aromatic carbocycles. The van der Waals surface area contributed by atoms with Gasteiger partial charge in [0.1, 0.15) is 6.61 Å². The molecule has 2 aromatic rings. The van der Waals surface area contributed by atoms with Crippen LogP contribution in [0.1, 0.15) is 11.1 Å². The Morgan fingerprint density at radius 3 is 2.39 bits per heavy atom. The van der Waals surface area contributed by atoms with Gasteiger partial charge < -0.3 is 14.2 Å². The van der Waals surface area contributed by atoms with E-state index in [1.807, 2.05) is 18.2 Å². The number of hydrogen-bond donors (Lipinski definition) is 0. The highest BCUT2D eigenvalue weighted by Crippen LogP contribution is 2.27. The molecular formula is C18H17ClO4. The fraction of sp³-hybridized carbons (Fsp3) is 0.167. The molecule has 0 saturated carbocycles. The van der Waals surface area contributed by atoms with Crippen LogP contribution in [-0.4, -0.2) is 20.2 Å². The fourth-order valence-corrected chi connectivity index (χ4v) is 2.03. The quantitative estimate of drug-likeness (QED) is 0.590. The highest BCUT2D eigenvalue weighted by Gasteiger charge is 2.04. The zero-order chi connectivity index (χ0) is 16.7. The van der Waals surface area contributed by atoms with Crippen molar-refractivity contribution in [3.63, 3.8) is 0 Å². The van der Waals surface area contributed by atoms with E-state index >= 15 is 0 Å². The van der Waals surface area contributed by atoms with Gasteiger partial charge in [0.05, 0.1) is 14.2 Å². The molecule has 0 aromatic heterocycles. The van der Waals surface area contributed by atoms with E-state index in [9.17, 15) is 4.79 Å². The minimum Gasteiger partial charge on any atom is -0.493 e. The van der Waals surface area contributed by atoms with E-state index in [-0.39, 0.29) is 6.61 Å². The van der Waals surface area contributed by atoms with E-state index in [4.69, 9.17) is 25.8 Å². The van der Waals surface area contributed by atoms with Crippen molar-refractivity contribution in [2.75, 3.05) is 14.2 Å². The van der Waals surface area contributed by atoms with Crippen LogP contribution in [-0.2, 0) is 16.1 Å². The second kappa shape index (κ2) is 8.25. The Bertz CT molecular complexity index is 693. The summed E-state index contributed by atoms with van der Waals surface area (Å²) in [6.07, 6.45) is 3.03. The Morgan fingerprint density at radius 1 is 1.04 bits per heavy atom. The summed E-state index contributed by atoms with van der Waals surface area (Å²) in [5, 5.41) is 0.647. The Balaban J connectivity index is 1.94. The predicted molar refractivity (Wildman–Crippen MR) is 89.8 cm³/mol. The molecule has 0 aliphatic carbocycles. The number of benzene rings is 2. The molecule has 0 atom stereocenters. The van der Waals surface area contributed by atoms with E-state index in [0.717, 1.165) is 11.1 Å². The number of hydrogen-bond acceptors (Lipinski definition) is 4. The largest absolute Gasteiger partial charge is 0.493 e. The van der Waals surface area contributed by atoms with E-state index in [1.54, 1.807) is 44.6 Å². The van der Waals surface area contributed by atoms with E-state index < -0.39 is 5.97 Å². The van der Waals surface area contributed by atoms with Crippen molar-refractivity contribution in [2.24, 2.45) is 0 Å². The summed E-state index contributed by atoms with van der Waals surface area (Å²) in [6.45, 7) is 0.201. The zero-order valence-corrected chi connectivity index (χ0v) is 13.7. The maximum Gasteiger partial charge on any atom is 0.331 e. The molecule has 0 fully saturated rings. The first-order chi connectivity index (χ1) is 11.1. The van der Waals surface area contributed by atoms with Gasteiger partial charge in [-0.25, -0.2) is 4.79 Å². The van der Waals surface area contributed by atoms with E-state index in [2.05, 4.69) is 0 Å². The minimum absolute atomic E-state index is 0.201. The minimum atomic E-state index is -0.422. The highest BCUT2D eigenvalue weighted by atomic mass is 35.5. The third-order valence-corrected chi connectivity index (χ3v) is 3.37. The van der Waals surface area contributed by atoms with Gasteiger partial charge in [-0.15, -0.1) is 0 Å². The van der Waals surface area contributed by atoms with Crippen LogP contribution in [0.25, 0.3) is 6.08 Å². The number of rotatable bonds is 6. The van der Waals surface area contributed by atoms with Crippen LogP contribution in [0.5, 0.6) is 11.5 Å². The van der Waals surface area contributed by atoms with Crippen molar-refractivity contribution in [3.8, 4) is 11.5 Å². The van der Waals surface area contributed by atoms with Gasteiger partial charge in [0.15, 0.2) is 11.5 Å². The standard InChI is InChI=1S/C18H17ClO4/c1-21-16-9-5-13(11-17(16)22-2)6-10-18(20)23-12-14-3-7-15(19)8-4-14/h3-11H,12H2,1-2H3/b10-6+. The molecule has 4 nitrogen and oxygen atoms in total. The van der Waals surface area contributed by atoms with Crippen LogP contribution in [0.15, 0.2) is 48.5 Å². The molecular weight excluding hydrogens is 316 g/mol. The monoisotopic (exact) mass is 332 g/mol. The first-order valence-electron chi connectivity index (χ1n) is 6.93. The van der Waals surface area contributed by atoms with Crippen molar-refractivity contribution in [1.29, 1.82) is 0 Å². The number of carbonyl (C=O) groups is 1. The van der Waals surface area contributed by atoms with Crippen molar-refractivity contribution in [3.05, 3.63) is 64.7 Å². The molecule has 0 bridgehead atoms. The SMILES string of the molecule is COc1ccc(/C=C/C(=O)OCc2ccc(Cl)cc2)cc1OC. The summed E-state index contributed by atoms with van der Waals surface area (Å²) >= 11 is 5.80. The molecule has 0 spiro atoms. The Morgan fingerprint density at radius 2 is 1.74 bits per heavy atom. The molecule has 0 heterocycles. The van der Waals surface area contributed by atoms with Crippen LogP contribution in [0.3, 0.4) is 0 Å². The maximum atomic E-state index is 11.7. The normalized spacial score (nSPS) is 10.6. The van der Waals surface area contributed by atoms with Gasteiger partial charge >= 0.3 is 5.97 Å². The second-order valence-corrected chi connectivity index (χ2v) is 5.12. The summed E-state index contributed by atoms with van der Waals surface area (Å²) in [4.78, 5) is 11.7. The lowest BCUT2D eigenvalue weighted by molar-refractivity contribution is -0.138.